The zero-order valence-electron chi connectivity index (χ0n) is 15.9. The van der Waals surface area contributed by atoms with E-state index in [2.05, 4.69) is 29.2 Å². The Morgan fingerprint density at radius 1 is 0.852 bits per heavy atom. The summed E-state index contributed by atoms with van der Waals surface area (Å²) in [5.74, 6) is 0. The molecule has 6 nitrogen and oxygen atoms in total. The number of morpholine rings is 1. The van der Waals surface area contributed by atoms with Crippen LogP contribution in [0, 0.1) is 20.8 Å². The van der Waals surface area contributed by atoms with Crippen molar-refractivity contribution in [3.05, 3.63) is 73.1 Å². The second-order valence-corrected chi connectivity index (χ2v) is 6.98. The predicted molar refractivity (Wildman–Crippen MR) is 107 cm³/mol. The number of hydrogen-bond acceptors (Lipinski definition) is 4. The number of ether oxygens (including phenoxy) is 1. The number of aryl methyl sites for hydroxylation is 1. The molecule has 3 heterocycles. The van der Waals surface area contributed by atoms with Crippen molar-refractivity contribution in [1.82, 2.24) is 9.03 Å². The third kappa shape index (κ3) is 2.86. The fraction of sp³-hybridized carbons (Fsp3) is 0.333. The van der Waals surface area contributed by atoms with Crippen LogP contribution in [0.25, 0.3) is 12.2 Å². The van der Waals surface area contributed by atoms with Gasteiger partial charge in [-0.05, 0) is 44.5 Å². The van der Waals surface area contributed by atoms with Gasteiger partial charge in [0.25, 0.3) is 11.1 Å². The van der Waals surface area contributed by atoms with E-state index in [1.807, 2.05) is 19.1 Å². The molecule has 1 fully saturated rings. The molecule has 1 saturated heterocycles. The molecule has 140 valence electrons. The van der Waals surface area contributed by atoms with Gasteiger partial charge in [0.05, 0.1) is 18.9 Å². The second-order valence-electron chi connectivity index (χ2n) is 6.98. The van der Waals surface area contributed by atoms with Crippen molar-refractivity contribution >= 4 is 17.8 Å². The van der Waals surface area contributed by atoms with Crippen LogP contribution in [0.15, 0.2) is 33.9 Å². The molecule has 1 aliphatic heterocycles. The predicted octanol–water partition coefficient (Wildman–Crippen LogP) is 2.13. The Hall–Kier alpha value is -2.86. The lowest BCUT2D eigenvalue weighted by Crippen LogP contribution is -2.36. The van der Waals surface area contributed by atoms with Gasteiger partial charge < -0.3 is 9.64 Å². The van der Waals surface area contributed by atoms with Crippen LogP contribution >= 0.6 is 0 Å². The van der Waals surface area contributed by atoms with Gasteiger partial charge in [0.1, 0.15) is 0 Å². The standard InChI is InChI=1S/C21H23N3O3/c1-14-16(3)23-19(15(2)21(26)24(23)20(14)25)9-6-17-4-7-18(8-5-17)22-10-12-27-13-11-22/h4-9H,10-13H2,1-3H3/b9-6+. The summed E-state index contributed by atoms with van der Waals surface area (Å²) in [6.45, 7) is 8.73. The van der Waals surface area contributed by atoms with E-state index in [4.69, 9.17) is 4.74 Å². The van der Waals surface area contributed by atoms with E-state index in [9.17, 15) is 9.59 Å². The minimum Gasteiger partial charge on any atom is -0.378 e. The third-order valence-corrected chi connectivity index (χ3v) is 5.40. The number of nitrogens with zero attached hydrogens (tertiary/aromatic N) is 3. The zero-order chi connectivity index (χ0) is 19.1. The third-order valence-electron chi connectivity index (χ3n) is 5.40. The zero-order valence-corrected chi connectivity index (χ0v) is 15.9. The number of benzene rings is 1. The number of fused-ring (bicyclic) bond motifs is 1. The van der Waals surface area contributed by atoms with Crippen LogP contribution in [0.3, 0.4) is 0 Å². The van der Waals surface area contributed by atoms with Gasteiger partial charge in [0.2, 0.25) is 0 Å². The SMILES string of the molecule is Cc1c(C)n2c(/C=C/c3ccc(N4CCOCC4)cc3)c(C)c(=O)n2c1=O. The molecule has 0 spiro atoms. The molecule has 0 saturated carbocycles. The van der Waals surface area contributed by atoms with Crippen molar-refractivity contribution in [2.75, 3.05) is 31.2 Å². The summed E-state index contributed by atoms with van der Waals surface area (Å²) in [6, 6.07) is 8.34. The van der Waals surface area contributed by atoms with Crippen LogP contribution in [-0.4, -0.2) is 35.3 Å². The molecule has 1 aliphatic rings. The van der Waals surface area contributed by atoms with Crippen molar-refractivity contribution < 1.29 is 4.74 Å². The van der Waals surface area contributed by atoms with E-state index < -0.39 is 0 Å². The number of aromatic nitrogens is 2. The highest BCUT2D eigenvalue weighted by Crippen LogP contribution is 2.19. The molecule has 0 N–H and O–H groups in total. The Balaban J connectivity index is 1.67. The summed E-state index contributed by atoms with van der Waals surface area (Å²) in [6.07, 6.45) is 3.89. The lowest BCUT2D eigenvalue weighted by molar-refractivity contribution is 0.122. The van der Waals surface area contributed by atoms with Gasteiger partial charge >= 0.3 is 0 Å². The van der Waals surface area contributed by atoms with E-state index in [1.165, 1.54) is 10.2 Å². The summed E-state index contributed by atoms with van der Waals surface area (Å²) in [7, 11) is 0. The van der Waals surface area contributed by atoms with Crippen molar-refractivity contribution in [1.29, 1.82) is 0 Å². The first-order chi connectivity index (χ1) is 13.0. The van der Waals surface area contributed by atoms with E-state index in [0.717, 1.165) is 43.3 Å². The van der Waals surface area contributed by atoms with E-state index in [0.29, 0.717) is 11.1 Å². The molecule has 0 bridgehead atoms. The van der Waals surface area contributed by atoms with Crippen molar-refractivity contribution in [3.63, 3.8) is 0 Å². The molecule has 0 amide bonds. The number of anilines is 1. The van der Waals surface area contributed by atoms with Gasteiger partial charge in [-0.1, -0.05) is 18.2 Å². The van der Waals surface area contributed by atoms with Crippen molar-refractivity contribution in [3.8, 4) is 0 Å². The van der Waals surface area contributed by atoms with E-state index in [1.54, 1.807) is 18.4 Å². The van der Waals surface area contributed by atoms with Crippen LogP contribution in [0.1, 0.15) is 28.1 Å². The molecule has 2 aromatic heterocycles. The lowest BCUT2D eigenvalue weighted by atomic mass is 10.1. The number of hydrogen-bond donors (Lipinski definition) is 0. The lowest BCUT2D eigenvalue weighted by Gasteiger charge is -2.28. The Bertz CT molecular complexity index is 1120. The molecule has 27 heavy (non-hydrogen) atoms. The van der Waals surface area contributed by atoms with Crippen LogP contribution in [-0.2, 0) is 4.74 Å². The summed E-state index contributed by atoms with van der Waals surface area (Å²) >= 11 is 0. The van der Waals surface area contributed by atoms with E-state index in [-0.39, 0.29) is 11.1 Å². The molecule has 0 radical (unpaired) electrons. The Morgan fingerprint density at radius 3 is 2.15 bits per heavy atom. The average molecular weight is 365 g/mol. The van der Waals surface area contributed by atoms with Crippen LogP contribution < -0.4 is 16.0 Å². The molecule has 0 atom stereocenters. The molecule has 1 aromatic carbocycles. The first-order valence-electron chi connectivity index (χ1n) is 9.17. The molecule has 4 rings (SSSR count). The molecule has 6 heteroatoms. The molecule has 3 aromatic rings. The van der Waals surface area contributed by atoms with Crippen LogP contribution in [0.5, 0.6) is 0 Å². The highest BCUT2D eigenvalue weighted by molar-refractivity contribution is 5.70. The summed E-state index contributed by atoms with van der Waals surface area (Å²) in [5, 5.41) is 0. The summed E-state index contributed by atoms with van der Waals surface area (Å²) in [5.41, 5.74) is 4.48. The largest absolute Gasteiger partial charge is 0.378 e. The Labute approximate surface area is 157 Å². The van der Waals surface area contributed by atoms with Crippen LogP contribution in [0.2, 0.25) is 0 Å². The van der Waals surface area contributed by atoms with E-state index >= 15 is 0 Å². The van der Waals surface area contributed by atoms with Crippen molar-refractivity contribution in [2.24, 2.45) is 0 Å². The highest BCUT2D eigenvalue weighted by Gasteiger charge is 2.18. The smallest absolute Gasteiger partial charge is 0.278 e. The average Bonchev–Trinajstić information content (AvgIpc) is 3.08. The maximum absolute atomic E-state index is 12.5. The molecular formula is C21H23N3O3. The first-order valence-corrected chi connectivity index (χ1v) is 9.17. The van der Waals surface area contributed by atoms with Gasteiger partial charge in [-0.2, -0.15) is 4.52 Å². The second kappa shape index (κ2) is 6.70. The van der Waals surface area contributed by atoms with Crippen molar-refractivity contribution in [2.45, 2.75) is 20.8 Å². The topological polar surface area (TPSA) is 55.4 Å². The fourth-order valence-electron chi connectivity index (χ4n) is 3.60. The van der Waals surface area contributed by atoms with Gasteiger partial charge in [0, 0.05) is 35.6 Å². The normalized spacial score (nSPS) is 15.3. The van der Waals surface area contributed by atoms with Gasteiger partial charge in [-0.15, -0.1) is 0 Å². The quantitative estimate of drug-likeness (QED) is 0.714. The summed E-state index contributed by atoms with van der Waals surface area (Å²) in [4.78, 5) is 27.1. The maximum atomic E-state index is 12.5. The van der Waals surface area contributed by atoms with Crippen LogP contribution in [0.4, 0.5) is 5.69 Å². The van der Waals surface area contributed by atoms with Gasteiger partial charge in [0.15, 0.2) is 0 Å². The Kier molecular flexibility index (Phi) is 4.36. The molecule has 0 unspecified atom stereocenters. The minimum atomic E-state index is -0.251. The van der Waals surface area contributed by atoms with Gasteiger partial charge in [-0.3, -0.25) is 9.59 Å². The Morgan fingerprint density at radius 2 is 1.48 bits per heavy atom. The summed E-state index contributed by atoms with van der Waals surface area (Å²) < 4.78 is 8.34. The maximum Gasteiger partial charge on any atom is 0.278 e. The highest BCUT2D eigenvalue weighted by atomic mass is 16.5. The fourth-order valence-corrected chi connectivity index (χ4v) is 3.60. The first kappa shape index (κ1) is 17.5. The van der Waals surface area contributed by atoms with Gasteiger partial charge in [-0.25, -0.2) is 4.52 Å². The molecule has 0 aliphatic carbocycles. The minimum absolute atomic E-state index is 0.241. The molecular weight excluding hydrogens is 342 g/mol. The monoisotopic (exact) mass is 365 g/mol. The number of rotatable bonds is 3.